The van der Waals surface area contributed by atoms with Crippen LogP contribution in [-0.2, 0) is 0 Å². The van der Waals surface area contributed by atoms with Crippen molar-refractivity contribution in [2.75, 3.05) is 0 Å². The van der Waals surface area contributed by atoms with Crippen molar-refractivity contribution in [3.63, 3.8) is 0 Å². The normalized spacial score (nSPS) is 12.6. The van der Waals surface area contributed by atoms with Crippen molar-refractivity contribution in [2.24, 2.45) is 5.73 Å². The lowest BCUT2D eigenvalue weighted by Crippen LogP contribution is -2.29. The number of hydrogen-bond donors (Lipinski definition) is 1. The number of rotatable bonds is 5. The van der Waals surface area contributed by atoms with Crippen molar-refractivity contribution in [1.29, 1.82) is 0 Å². The molecule has 0 aliphatic heterocycles. The molecular weight excluding hydrogens is 202 g/mol. The molecule has 1 atom stereocenters. The number of benzene rings is 1. The van der Waals surface area contributed by atoms with Gasteiger partial charge in [0, 0.05) is 5.56 Å². The molecule has 3 heteroatoms. The summed E-state index contributed by atoms with van der Waals surface area (Å²) in [7, 11) is 0. The minimum absolute atomic E-state index is 0.0308. The van der Waals surface area contributed by atoms with Gasteiger partial charge in [-0.05, 0) is 32.4 Å². The van der Waals surface area contributed by atoms with Crippen LogP contribution >= 0.6 is 0 Å². The lowest BCUT2D eigenvalue weighted by molar-refractivity contribution is 0.0958. The van der Waals surface area contributed by atoms with Gasteiger partial charge in [-0.25, -0.2) is 0 Å². The van der Waals surface area contributed by atoms with Gasteiger partial charge < -0.3 is 10.5 Å². The monoisotopic (exact) mass is 221 g/mol. The molecule has 0 saturated heterocycles. The Morgan fingerprint density at radius 2 is 2.12 bits per heavy atom. The number of Topliss-reactive ketones (excluding diaryl/α,β-unsaturated/α-hetero) is 1. The van der Waals surface area contributed by atoms with E-state index in [1.165, 1.54) is 0 Å². The summed E-state index contributed by atoms with van der Waals surface area (Å²) < 4.78 is 5.53. The lowest BCUT2D eigenvalue weighted by Gasteiger charge is -2.12. The molecule has 1 aromatic carbocycles. The van der Waals surface area contributed by atoms with E-state index < -0.39 is 6.04 Å². The molecular formula is C13H19NO2. The van der Waals surface area contributed by atoms with Crippen molar-refractivity contribution >= 4 is 5.78 Å². The molecule has 0 heterocycles. The number of hydrogen-bond acceptors (Lipinski definition) is 3. The third-order valence-corrected chi connectivity index (χ3v) is 2.27. The summed E-state index contributed by atoms with van der Waals surface area (Å²) >= 11 is 0. The third-order valence-electron chi connectivity index (χ3n) is 2.27. The molecule has 0 saturated carbocycles. The molecule has 0 aliphatic carbocycles. The Kier molecular flexibility index (Phi) is 4.50. The number of ether oxygens (including phenoxy) is 1. The third kappa shape index (κ3) is 3.35. The molecule has 0 aliphatic rings. The van der Waals surface area contributed by atoms with E-state index in [1.807, 2.05) is 32.9 Å². The van der Waals surface area contributed by atoms with Crippen molar-refractivity contribution in [3.05, 3.63) is 29.8 Å². The second kappa shape index (κ2) is 5.66. The van der Waals surface area contributed by atoms with Gasteiger partial charge in [-0.2, -0.15) is 0 Å². The van der Waals surface area contributed by atoms with Crippen LogP contribution in [0.5, 0.6) is 5.75 Å². The van der Waals surface area contributed by atoms with Crippen LogP contribution in [0.1, 0.15) is 37.6 Å². The van der Waals surface area contributed by atoms with Crippen LogP contribution in [0.2, 0.25) is 0 Å². The predicted molar refractivity (Wildman–Crippen MR) is 64.8 cm³/mol. The first-order chi connectivity index (χ1) is 7.54. The Hall–Kier alpha value is -1.35. The minimum atomic E-state index is -0.422. The molecule has 1 rings (SSSR count). The Labute approximate surface area is 96.6 Å². The molecule has 0 amide bonds. The second-order valence-corrected chi connectivity index (χ2v) is 4.07. The molecule has 0 fully saturated rings. The standard InChI is InChI=1S/C13H19NO2/c1-4-12(14)13(15)10-6-5-7-11(8-10)16-9(2)3/h5-9,12H,4,14H2,1-3H3. The van der Waals surface area contributed by atoms with Crippen molar-refractivity contribution in [3.8, 4) is 5.75 Å². The summed E-state index contributed by atoms with van der Waals surface area (Å²) in [5, 5.41) is 0. The smallest absolute Gasteiger partial charge is 0.179 e. The maximum absolute atomic E-state index is 11.8. The summed E-state index contributed by atoms with van der Waals surface area (Å²) in [4.78, 5) is 11.8. The average molecular weight is 221 g/mol. The Bertz CT molecular complexity index is 361. The predicted octanol–water partition coefficient (Wildman–Crippen LogP) is 2.39. The van der Waals surface area contributed by atoms with Gasteiger partial charge >= 0.3 is 0 Å². The largest absolute Gasteiger partial charge is 0.491 e. The van der Waals surface area contributed by atoms with Gasteiger partial charge in [0.2, 0.25) is 0 Å². The van der Waals surface area contributed by atoms with E-state index in [-0.39, 0.29) is 11.9 Å². The van der Waals surface area contributed by atoms with Crippen LogP contribution < -0.4 is 10.5 Å². The molecule has 16 heavy (non-hydrogen) atoms. The molecule has 0 bridgehead atoms. The Balaban J connectivity index is 2.85. The Morgan fingerprint density at radius 3 is 2.69 bits per heavy atom. The highest BCUT2D eigenvalue weighted by molar-refractivity contribution is 6.00. The molecule has 0 spiro atoms. The molecule has 0 radical (unpaired) electrons. The second-order valence-electron chi connectivity index (χ2n) is 4.07. The first-order valence-corrected chi connectivity index (χ1v) is 5.61. The van der Waals surface area contributed by atoms with Crippen molar-refractivity contribution in [2.45, 2.75) is 39.3 Å². The zero-order chi connectivity index (χ0) is 12.1. The zero-order valence-electron chi connectivity index (χ0n) is 10.1. The van der Waals surface area contributed by atoms with Crippen LogP contribution in [0.4, 0.5) is 0 Å². The van der Waals surface area contributed by atoms with Gasteiger partial charge in [-0.3, -0.25) is 4.79 Å². The van der Waals surface area contributed by atoms with Crippen LogP contribution in [0.25, 0.3) is 0 Å². The fourth-order valence-electron chi connectivity index (χ4n) is 1.39. The maximum Gasteiger partial charge on any atom is 0.179 e. The lowest BCUT2D eigenvalue weighted by atomic mass is 10.0. The fourth-order valence-corrected chi connectivity index (χ4v) is 1.39. The number of carbonyl (C=O) groups excluding carboxylic acids is 1. The van der Waals surface area contributed by atoms with E-state index in [1.54, 1.807) is 12.1 Å². The topological polar surface area (TPSA) is 52.3 Å². The quantitative estimate of drug-likeness (QED) is 0.777. The fraction of sp³-hybridized carbons (Fsp3) is 0.462. The average Bonchev–Trinajstić information content (AvgIpc) is 2.26. The maximum atomic E-state index is 11.8. The van der Waals surface area contributed by atoms with E-state index in [9.17, 15) is 4.79 Å². The highest BCUT2D eigenvalue weighted by Gasteiger charge is 2.14. The summed E-state index contributed by atoms with van der Waals surface area (Å²) in [5.74, 6) is 0.681. The van der Waals surface area contributed by atoms with Gasteiger partial charge in [-0.15, -0.1) is 0 Å². The molecule has 88 valence electrons. The van der Waals surface area contributed by atoms with Gasteiger partial charge in [-0.1, -0.05) is 19.1 Å². The molecule has 3 nitrogen and oxygen atoms in total. The molecule has 1 aromatic rings. The van der Waals surface area contributed by atoms with Crippen LogP contribution in [-0.4, -0.2) is 17.9 Å². The van der Waals surface area contributed by atoms with Crippen LogP contribution in [0, 0.1) is 0 Å². The van der Waals surface area contributed by atoms with Gasteiger partial charge in [0.1, 0.15) is 5.75 Å². The number of carbonyl (C=O) groups is 1. The van der Waals surface area contributed by atoms with Gasteiger partial charge in [0.15, 0.2) is 5.78 Å². The summed E-state index contributed by atoms with van der Waals surface area (Å²) in [6.45, 7) is 5.80. The zero-order valence-corrected chi connectivity index (χ0v) is 10.1. The molecule has 1 unspecified atom stereocenters. The van der Waals surface area contributed by atoms with Gasteiger partial charge in [0.25, 0.3) is 0 Å². The first-order valence-electron chi connectivity index (χ1n) is 5.61. The van der Waals surface area contributed by atoms with E-state index in [4.69, 9.17) is 10.5 Å². The highest BCUT2D eigenvalue weighted by atomic mass is 16.5. The summed E-state index contributed by atoms with van der Waals surface area (Å²) in [5.41, 5.74) is 6.33. The van der Waals surface area contributed by atoms with Crippen LogP contribution in [0.15, 0.2) is 24.3 Å². The minimum Gasteiger partial charge on any atom is -0.491 e. The van der Waals surface area contributed by atoms with Crippen molar-refractivity contribution in [1.82, 2.24) is 0 Å². The van der Waals surface area contributed by atoms with E-state index >= 15 is 0 Å². The Morgan fingerprint density at radius 1 is 1.44 bits per heavy atom. The van der Waals surface area contributed by atoms with Crippen LogP contribution in [0.3, 0.4) is 0 Å². The number of ketones is 1. The first kappa shape index (κ1) is 12.7. The number of nitrogens with two attached hydrogens (primary N) is 1. The van der Waals surface area contributed by atoms with Crippen molar-refractivity contribution < 1.29 is 9.53 Å². The van der Waals surface area contributed by atoms with Gasteiger partial charge in [0.05, 0.1) is 12.1 Å². The highest BCUT2D eigenvalue weighted by Crippen LogP contribution is 2.16. The molecule has 0 aromatic heterocycles. The van der Waals surface area contributed by atoms with E-state index in [0.717, 1.165) is 0 Å². The summed E-state index contributed by atoms with van der Waals surface area (Å²) in [6.07, 6.45) is 0.749. The molecule has 2 N–H and O–H groups in total. The van der Waals surface area contributed by atoms with E-state index in [2.05, 4.69) is 0 Å². The SMILES string of the molecule is CCC(N)C(=O)c1cccc(OC(C)C)c1. The van der Waals surface area contributed by atoms with E-state index in [0.29, 0.717) is 17.7 Å². The summed E-state index contributed by atoms with van der Waals surface area (Å²) in [6, 6.07) is 6.75.